The molecule has 0 spiro atoms. The summed E-state index contributed by atoms with van der Waals surface area (Å²) in [5.74, 6) is 1.44. The molecule has 2 aromatic carbocycles. The molecule has 3 aromatic rings. The summed E-state index contributed by atoms with van der Waals surface area (Å²) in [6.07, 6.45) is 4.66. The number of hydrogen-bond acceptors (Lipinski definition) is 3. The first-order valence-corrected chi connectivity index (χ1v) is 9.50. The van der Waals surface area contributed by atoms with Gasteiger partial charge >= 0.3 is 0 Å². The maximum Gasteiger partial charge on any atom is 0.130 e. The van der Waals surface area contributed by atoms with E-state index < -0.39 is 0 Å². The van der Waals surface area contributed by atoms with E-state index in [-0.39, 0.29) is 0 Å². The third-order valence-electron chi connectivity index (χ3n) is 5.15. The normalized spacial score (nSPS) is 14.0. The van der Waals surface area contributed by atoms with E-state index in [9.17, 15) is 0 Å². The van der Waals surface area contributed by atoms with Crippen molar-refractivity contribution in [2.45, 2.75) is 20.3 Å². The molecule has 0 unspecified atom stereocenters. The van der Waals surface area contributed by atoms with Crippen LogP contribution in [0.3, 0.4) is 0 Å². The lowest BCUT2D eigenvalue weighted by atomic mass is 9.98. The Morgan fingerprint density at radius 1 is 0.964 bits per heavy atom. The first-order chi connectivity index (χ1) is 13.6. The van der Waals surface area contributed by atoms with Crippen molar-refractivity contribution in [1.82, 2.24) is 4.98 Å². The molecule has 1 aliphatic heterocycles. The quantitative estimate of drug-likeness (QED) is 0.620. The number of anilines is 3. The molecule has 0 amide bonds. The molecule has 4 heteroatoms. The standard InChI is InChI=1S/C24H24N4/c1-17-7-3-5-9-21(17)27-24-16-19(11-13-26-24)20-12-14-28(23(25)15-20)22-10-6-4-8-18(22)2/h3-13,16,25H,14-15H2,1-2H3,(H,26,27). The van der Waals surface area contributed by atoms with Gasteiger partial charge in [-0.15, -0.1) is 0 Å². The predicted molar refractivity (Wildman–Crippen MR) is 118 cm³/mol. The molecule has 0 aliphatic carbocycles. The topological polar surface area (TPSA) is 52.0 Å². The lowest BCUT2D eigenvalue weighted by molar-refractivity contribution is 1.05. The van der Waals surface area contributed by atoms with Crippen LogP contribution in [0.4, 0.5) is 17.2 Å². The van der Waals surface area contributed by atoms with Crippen LogP contribution in [-0.2, 0) is 0 Å². The molecular formula is C24H24N4. The highest BCUT2D eigenvalue weighted by molar-refractivity contribution is 6.04. The van der Waals surface area contributed by atoms with Crippen LogP contribution in [-0.4, -0.2) is 17.4 Å². The van der Waals surface area contributed by atoms with Gasteiger partial charge in [0.1, 0.15) is 11.7 Å². The second kappa shape index (κ2) is 7.69. The maximum atomic E-state index is 8.57. The van der Waals surface area contributed by atoms with Crippen LogP contribution >= 0.6 is 0 Å². The SMILES string of the molecule is Cc1ccccc1Nc1cc(C2=CCN(c3ccccc3C)C(=N)C2)ccn1. The average Bonchev–Trinajstić information content (AvgIpc) is 2.71. The van der Waals surface area contributed by atoms with Crippen molar-refractivity contribution in [2.75, 3.05) is 16.8 Å². The van der Waals surface area contributed by atoms with E-state index in [1.54, 1.807) is 0 Å². The van der Waals surface area contributed by atoms with Gasteiger partial charge in [0.15, 0.2) is 0 Å². The van der Waals surface area contributed by atoms with E-state index in [0.29, 0.717) is 18.8 Å². The molecule has 0 radical (unpaired) electrons. The van der Waals surface area contributed by atoms with Crippen LogP contribution < -0.4 is 10.2 Å². The number of pyridine rings is 1. The fourth-order valence-electron chi connectivity index (χ4n) is 3.54. The number of hydrogen-bond donors (Lipinski definition) is 2. The number of aromatic nitrogens is 1. The van der Waals surface area contributed by atoms with Gasteiger partial charge in [0.2, 0.25) is 0 Å². The van der Waals surface area contributed by atoms with E-state index in [2.05, 4.69) is 65.5 Å². The summed E-state index contributed by atoms with van der Waals surface area (Å²) >= 11 is 0. The van der Waals surface area contributed by atoms with Gasteiger partial charge in [0, 0.05) is 30.5 Å². The Labute approximate surface area is 166 Å². The Kier molecular flexibility index (Phi) is 4.94. The second-order valence-corrected chi connectivity index (χ2v) is 7.12. The molecule has 2 N–H and O–H groups in total. The third kappa shape index (κ3) is 3.67. The number of nitrogens with one attached hydrogen (secondary N) is 2. The maximum absolute atomic E-state index is 8.57. The summed E-state index contributed by atoms with van der Waals surface area (Å²) < 4.78 is 0. The van der Waals surface area contributed by atoms with Gasteiger partial charge in [-0.25, -0.2) is 4.98 Å². The fraction of sp³-hybridized carbons (Fsp3) is 0.167. The molecule has 28 heavy (non-hydrogen) atoms. The first kappa shape index (κ1) is 18.0. The minimum absolute atomic E-state index is 0.613. The van der Waals surface area contributed by atoms with Crippen molar-refractivity contribution in [2.24, 2.45) is 0 Å². The molecule has 4 rings (SSSR count). The first-order valence-electron chi connectivity index (χ1n) is 9.50. The van der Waals surface area contributed by atoms with Gasteiger partial charge < -0.3 is 10.2 Å². The zero-order valence-corrected chi connectivity index (χ0v) is 16.2. The van der Waals surface area contributed by atoms with Crippen molar-refractivity contribution < 1.29 is 0 Å². The smallest absolute Gasteiger partial charge is 0.130 e. The minimum Gasteiger partial charge on any atom is -0.340 e. The van der Waals surface area contributed by atoms with Crippen molar-refractivity contribution in [1.29, 1.82) is 5.41 Å². The molecule has 2 heterocycles. The van der Waals surface area contributed by atoms with E-state index in [0.717, 1.165) is 22.8 Å². The number of aryl methyl sites for hydroxylation is 2. The molecule has 0 fully saturated rings. The van der Waals surface area contributed by atoms with Crippen LogP contribution in [0.5, 0.6) is 0 Å². The largest absolute Gasteiger partial charge is 0.340 e. The molecule has 140 valence electrons. The Morgan fingerprint density at radius 2 is 1.71 bits per heavy atom. The Balaban J connectivity index is 1.56. The molecule has 0 atom stereocenters. The van der Waals surface area contributed by atoms with Crippen LogP contribution in [0, 0.1) is 19.3 Å². The van der Waals surface area contributed by atoms with Gasteiger partial charge in [-0.2, -0.15) is 0 Å². The molecule has 1 aromatic heterocycles. The van der Waals surface area contributed by atoms with Crippen molar-refractivity contribution in [3.05, 3.63) is 89.6 Å². The number of rotatable bonds is 4. The summed E-state index contributed by atoms with van der Waals surface area (Å²) in [5.41, 5.74) is 6.83. The van der Waals surface area contributed by atoms with Crippen molar-refractivity contribution >= 4 is 28.6 Å². The number of para-hydroxylation sites is 2. The number of amidine groups is 1. The monoisotopic (exact) mass is 368 g/mol. The second-order valence-electron chi connectivity index (χ2n) is 7.12. The van der Waals surface area contributed by atoms with Gasteiger partial charge in [-0.05, 0) is 60.4 Å². The summed E-state index contributed by atoms with van der Waals surface area (Å²) in [6.45, 7) is 4.88. The van der Waals surface area contributed by atoms with Gasteiger partial charge in [0.25, 0.3) is 0 Å². The predicted octanol–water partition coefficient (Wildman–Crippen LogP) is 5.71. The average molecular weight is 368 g/mol. The molecule has 4 nitrogen and oxygen atoms in total. The molecule has 0 bridgehead atoms. The lowest BCUT2D eigenvalue weighted by Gasteiger charge is -2.30. The lowest BCUT2D eigenvalue weighted by Crippen LogP contribution is -2.34. The Morgan fingerprint density at radius 3 is 2.46 bits per heavy atom. The highest BCUT2D eigenvalue weighted by Gasteiger charge is 2.20. The van der Waals surface area contributed by atoms with E-state index in [1.807, 2.05) is 36.5 Å². The Hall–Kier alpha value is -3.40. The van der Waals surface area contributed by atoms with E-state index in [1.165, 1.54) is 16.7 Å². The summed E-state index contributed by atoms with van der Waals surface area (Å²) in [5, 5.41) is 12.0. The molecular weight excluding hydrogens is 344 g/mol. The van der Waals surface area contributed by atoms with Crippen LogP contribution in [0.2, 0.25) is 0 Å². The van der Waals surface area contributed by atoms with E-state index in [4.69, 9.17) is 5.41 Å². The molecule has 0 saturated carbocycles. The number of benzene rings is 2. The summed E-state index contributed by atoms with van der Waals surface area (Å²) in [4.78, 5) is 6.54. The number of nitrogens with zero attached hydrogens (tertiary/aromatic N) is 2. The highest BCUT2D eigenvalue weighted by Crippen LogP contribution is 2.29. The van der Waals surface area contributed by atoms with Crippen molar-refractivity contribution in [3.8, 4) is 0 Å². The van der Waals surface area contributed by atoms with Gasteiger partial charge in [0.05, 0.1) is 0 Å². The fourth-order valence-corrected chi connectivity index (χ4v) is 3.54. The van der Waals surface area contributed by atoms with Crippen LogP contribution in [0.1, 0.15) is 23.1 Å². The van der Waals surface area contributed by atoms with Crippen LogP contribution in [0.25, 0.3) is 5.57 Å². The Bertz CT molecular complexity index is 1050. The van der Waals surface area contributed by atoms with Crippen LogP contribution in [0.15, 0.2) is 72.9 Å². The van der Waals surface area contributed by atoms with Gasteiger partial charge in [-0.3, -0.25) is 5.41 Å². The summed E-state index contributed by atoms with van der Waals surface area (Å²) in [6, 6.07) is 20.5. The minimum atomic E-state index is 0.613. The highest BCUT2D eigenvalue weighted by atomic mass is 15.2. The van der Waals surface area contributed by atoms with E-state index >= 15 is 0 Å². The molecule has 0 saturated heterocycles. The molecule has 1 aliphatic rings. The van der Waals surface area contributed by atoms with Crippen molar-refractivity contribution in [3.63, 3.8) is 0 Å². The zero-order valence-electron chi connectivity index (χ0n) is 16.2. The third-order valence-corrected chi connectivity index (χ3v) is 5.15. The summed E-state index contributed by atoms with van der Waals surface area (Å²) in [7, 11) is 0. The zero-order chi connectivity index (χ0) is 19.5. The van der Waals surface area contributed by atoms with Gasteiger partial charge in [-0.1, -0.05) is 42.5 Å².